The van der Waals surface area contributed by atoms with Gasteiger partial charge < -0.3 is 15.5 Å². The Kier molecular flexibility index (Phi) is 6.07. The van der Waals surface area contributed by atoms with E-state index in [-0.39, 0.29) is 18.0 Å². The molecule has 2 aromatic heterocycles. The van der Waals surface area contributed by atoms with E-state index in [9.17, 15) is 4.79 Å². The highest BCUT2D eigenvalue weighted by atomic mass is 35.5. The number of imidazole rings is 1. The van der Waals surface area contributed by atoms with Gasteiger partial charge >= 0.3 is 0 Å². The number of primary amides is 1. The summed E-state index contributed by atoms with van der Waals surface area (Å²) in [5.74, 6) is 1.17. The molecule has 4 rings (SSSR count). The van der Waals surface area contributed by atoms with Gasteiger partial charge in [-0.1, -0.05) is 6.42 Å². The molecule has 3 heterocycles. The third-order valence-corrected chi connectivity index (χ3v) is 6.23. The topological polar surface area (TPSA) is 97.1 Å². The van der Waals surface area contributed by atoms with Gasteiger partial charge in [-0.3, -0.25) is 14.7 Å². The predicted molar refractivity (Wildman–Crippen MR) is 108 cm³/mol. The van der Waals surface area contributed by atoms with Crippen molar-refractivity contribution >= 4 is 18.3 Å². The maximum absolute atomic E-state index is 11.6. The Bertz CT molecular complexity index is 826. The van der Waals surface area contributed by atoms with Gasteiger partial charge in [-0.15, -0.1) is 12.4 Å². The van der Waals surface area contributed by atoms with Crippen LogP contribution in [0.1, 0.15) is 46.8 Å². The van der Waals surface area contributed by atoms with E-state index >= 15 is 0 Å². The molecule has 0 aromatic carbocycles. The predicted octanol–water partition coefficient (Wildman–Crippen LogP) is 2.41. The molecule has 0 radical (unpaired) electrons. The zero-order valence-corrected chi connectivity index (χ0v) is 17.2. The Morgan fingerprint density at radius 2 is 2.07 bits per heavy atom. The van der Waals surface area contributed by atoms with E-state index in [1.807, 2.05) is 25.3 Å². The number of likely N-dealkylation sites (tertiary alicyclic amines) is 1. The summed E-state index contributed by atoms with van der Waals surface area (Å²) in [6.45, 7) is 4.76. The normalized spacial score (nSPS) is 27.2. The minimum absolute atomic E-state index is 0. The number of aromatic amines is 1. The molecule has 2 bridgehead atoms. The summed E-state index contributed by atoms with van der Waals surface area (Å²) in [7, 11) is 1.80. The largest absolute Gasteiger partial charge is 0.373 e. The number of H-pyrrole nitrogens is 1. The molecule has 2 aliphatic rings. The van der Waals surface area contributed by atoms with Crippen LogP contribution in [0, 0.1) is 18.8 Å². The SMILES string of the molecule is COC1(c2ccnc(C(N)=O)c2)C2CCCC1CN(Cc1cnc(C)[nH]1)C2.Cl. The Balaban J connectivity index is 0.00000225. The lowest BCUT2D eigenvalue weighted by molar-refractivity contribution is -0.170. The number of methoxy groups -OCH3 is 1. The standard InChI is InChI=1S/C20H27N5O2.ClH/c1-13-23-9-17(24-13)12-25-10-15-4-3-5-16(11-25)20(15,27-2)14-6-7-22-18(8-14)19(21)26;/h6-9,15-16H,3-5,10-12H2,1-2H3,(H2,21,26)(H,23,24);1H. The molecule has 152 valence electrons. The highest BCUT2D eigenvalue weighted by Gasteiger charge is 2.53. The summed E-state index contributed by atoms with van der Waals surface area (Å²) in [5.41, 5.74) is 7.56. The van der Waals surface area contributed by atoms with Gasteiger partial charge in [0.1, 0.15) is 17.1 Å². The van der Waals surface area contributed by atoms with Crippen molar-refractivity contribution in [2.45, 2.75) is 38.3 Å². The summed E-state index contributed by atoms with van der Waals surface area (Å²) in [6.07, 6.45) is 7.02. The summed E-state index contributed by atoms with van der Waals surface area (Å²) < 4.78 is 6.24. The van der Waals surface area contributed by atoms with Gasteiger partial charge in [-0.2, -0.15) is 0 Å². The molecule has 2 unspecified atom stereocenters. The zero-order chi connectivity index (χ0) is 19.0. The molecule has 2 atom stereocenters. The van der Waals surface area contributed by atoms with E-state index in [1.165, 1.54) is 6.42 Å². The highest BCUT2D eigenvalue weighted by Crippen LogP contribution is 2.51. The number of carbonyl (C=O) groups excluding carboxylic acids is 1. The number of hydrogen-bond acceptors (Lipinski definition) is 5. The van der Waals surface area contributed by atoms with Gasteiger partial charge in [-0.05, 0) is 37.5 Å². The van der Waals surface area contributed by atoms with Crippen molar-refractivity contribution in [2.24, 2.45) is 17.6 Å². The Hall–Kier alpha value is -1.96. The van der Waals surface area contributed by atoms with Crippen LogP contribution in [0.15, 0.2) is 24.5 Å². The third-order valence-electron chi connectivity index (χ3n) is 6.23. The van der Waals surface area contributed by atoms with Crippen LogP contribution in [0.4, 0.5) is 0 Å². The van der Waals surface area contributed by atoms with Gasteiger partial charge in [0.15, 0.2) is 0 Å². The first-order valence-corrected chi connectivity index (χ1v) is 9.57. The third kappa shape index (κ3) is 3.54. The monoisotopic (exact) mass is 405 g/mol. The summed E-state index contributed by atoms with van der Waals surface area (Å²) in [4.78, 5) is 25.9. The van der Waals surface area contributed by atoms with E-state index in [0.717, 1.165) is 49.6 Å². The van der Waals surface area contributed by atoms with Gasteiger partial charge in [0.05, 0.1) is 0 Å². The first kappa shape index (κ1) is 20.8. The fraction of sp³-hybridized carbons (Fsp3) is 0.550. The van der Waals surface area contributed by atoms with Crippen molar-refractivity contribution in [3.8, 4) is 0 Å². The summed E-state index contributed by atoms with van der Waals surface area (Å²) in [6, 6.07) is 3.81. The number of nitrogens with one attached hydrogen (secondary N) is 1. The number of nitrogens with zero attached hydrogens (tertiary/aromatic N) is 3. The van der Waals surface area contributed by atoms with Crippen molar-refractivity contribution in [1.29, 1.82) is 0 Å². The van der Waals surface area contributed by atoms with Gasteiger partial charge in [0.2, 0.25) is 0 Å². The van der Waals surface area contributed by atoms with E-state index in [2.05, 4.69) is 19.9 Å². The zero-order valence-electron chi connectivity index (χ0n) is 16.4. The van der Waals surface area contributed by atoms with Gasteiger partial charge in [-0.25, -0.2) is 4.98 Å². The van der Waals surface area contributed by atoms with Crippen LogP contribution in [0.25, 0.3) is 0 Å². The second kappa shape index (κ2) is 8.19. The number of aromatic nitrogens is 3. The average Bonchev–Trinajstić information content (AvgIpc) is 3.06. The van der Waals surface area contributed by atoms with Crippen LogP contribution in [0.2, 0.25) is 0 Å². The molecule has 1 aliphatic carbocycles. The van der Waals surface area contributed by atoms with Crippen molar-refractivity contribution in [3.63, 3.8) is 0 Å². The number of aryl methyl sites for hydroxylation is 1. The lowest BCUT2D eigenvalue weighted by Gasteiger charge is -2.55. The van der Waals surface area contributed by atoms with E-state index < -0.39 is 5.91 Å². The summed E-state index contributed by atoms with van der Waals surface area (Å²) >= 11 is 0. The molecular weight excluding hydrogens is 378 g/mol. The number of rotatable bonds is 5. The van der Waals surface area contributed by atoms with Crippen LogP contribution in [0.3, 0.4) is 0 Å². The fourth-order valence-corrected chi connectivity index (χ4v) is 5.18. The second-order valence-corrected chi connectivity index (χ2v) is 7.80. The van der Waals surface area contributed by atoms with Crippen LogP contribution < -0.4 is 5.73 Å². The number of carbonyl (C=O) groups is 1. The molecule has 2 aromatic rings. The first-order valence-electron chi connectivity index (χ1n) is 9.57. The number of nitrogens with two attached hydrogens (primary N) is 1. The molecule has 3 N–H and O–H groups in total. The quantitative estimate of drug-likeness (QED) is 0.796. The van der Waals surface area contributed by atoms with Crippen LogP contribution in [-0.4, -0.2) is 46.0 Å². The molecule has 1 saturated carbocycles. The van der Waals surface area contributed by atoms with E-state index in [4.69, 9.17) is 10.5 Å². The lowest BCUT2D eigenvalue weighted by Crippen LogP contribution is -2.58. The van der Waals surface area contributed by atoms with Crippen LogP contribution >= 0.6 is 12.4 Å². The maximum Gasteiger partial charge on any atom is 0.267 e. The molecule has 1 aliphatic heterocycles. The van der Waals surface area contributed by atoms with Crippen molar-refractivity contribution in [2.75, 3.05) is 20.2 Å². The van der Waals surface area contributed by atoms with Crippen molar-refractivity contribution < 1.29 is 9.53 Å². The first-order chi connectivity index (χ1) is 13.0. The number of fused-ring (bicyclic) bond motifs is 2. The Morgan fingerprint density at radius 1 is 1.36 bits per heavy atom. The number of pyridine rings is 1. The smallest absolute Gasteiger partial charge is 0.267 e. The minimum atomic E-state index is -0.500. The number of hydrogen-bond donors (Lipinski definition) is 2. The van der Waals surface area contributed by atoms with Crippen molar-refractivity contribution in [3.05, 3.63) is 47.3 Å². The lowest BCUT2D eigenvalue weighted by atomic mass is 9.62. The number of piperidine rings is 1. The number of amides is 1. The number of ether oxygens (including phenoxy) is 1. The molecule has 2 fully saturated rings. The fourth-order valence-electron chi connectivity index (χ4n) is 5.18. The molecule has 1 saturated heterocycles. The molecular formula is C20H28ClN5O2. The summed E-state index contributed by atoms with van der Waals surface area (Å²) in [5, 5.41) is 0. The average molecular weight is 406 g/mol. The Morgan fingerprint density at radius 3 is 2.64 bits per heavy atom. The molecule has 7 nitrogen and oxygen atoms in total. The highest BCUT2D eigenvalue weighted by molar-refractivity contribution is 5.90. The molecule has 8 heteroatoms. The van der Waals surface area contributed by atoms with E-state index in [0.29, 0.717) is 17.5 Å². The second-order valence-electron chi connectivity index (χ2n) is 7.80. The van der Waals surface area contributed by atoms with Gasteiger partial charge in [0, 0.05) is 56.7 Å². The van der Waals surface area contributed by atoms with E-state index in [1.54, 1.807) is 13.3 Å². The maximum atomic E-state index is 11.6. The van der Waals surface area contributed by atoms with Crippen LogP contribution in [0.5, 0.6) is 0 Å². The van der Waals surface area contributed by atoms with Gasteiger partial charge in [0.25, 0.3) is 5.91 Å². The van der Waals surface area contributed by atoms with Crippen molar-refractivity contribution in [1.82, 2.24) is 19.9 Å². The van der Waals surface area contributed by atoms with Crippen LogP contribution in [-0.2, 0) is 16.9 Å². The number of halogens is 1. The molecule has 1 amide bonds. The Labute approximate surface area is 171 Å². The molecule has 28 heavy (non-hydrogen) atoms. The molecule has 0 spiro atoms. The minimum Gasteiger partial charge on any atom is -0.373 e.